The third-order valence-electron chi connectivity index (χ3n) is 0. The van der Waals surface area contributed by atoms with Gasteiger partial charge in [-0.1, -0.05) is 0 Å². The molecular formula is C5H9KN-. The van der Waals surface area contributed by atoms with Gasteiger partial charge in [-0.3, -0.25) is 0 Å². The first kappa shape index (κ1) is 15.7. The minimum absolute atomic E-state index is 0. The average molecular weight is 122 g/mol. The normalized spacial score (nSPS) is 5.43. The van der Waals surface area contributed by atoms with E-state index < -0.39 is 0 Å². The predicted octanol–water partition coefficient (Wildman–Crippen LogP) is -1.28. The van der Waals surface area contributed by atoms with E-state index in [0.29, 0.717) is 0 Å². The first-order chi connectivity index (χ1) is 2.73. The van der Waals surface area contributed by atoms with E-state index in [1.165, 1.54) is 5.92 Å². The maximum atomic E-state index is 6.25. The van der Waals surface area contributed by atoms with E-state index in [1.54, 1.807) is 0 Å². The minimum Gasteiger partial charge on any atom is -0.512 e. The van der Waals surface area contributed by atoms with Gasteiger partial charge >= 0.3 is 51.4 Å². The van der Waals surface area contributed by atoms with Crippen molar-refractivity contribution in [3.63, 3.8) is 0 Å². The van der Waals surface area contributed by atoms with Gasteiger partial charge < -0.3 is 17.8 Å². The molecule has 0 aromatic carbocycles. The van der Waals surface area contributed by atoms with Gasteiger partial charge in [0, 0.05) is 0 Å². The van der Waals surface area contributed by atoms with Crippen LogP contribution in [-0.4, -0.2) is 0 Å². The molecule has 0 aliphatic carbocycles. The molecule has 0 saturated heterocycles. The molecule has 0 unspecified atom stereocenters. The van der Waals surface area contributed by atoms with Crippen LogP contribution in [0.1, 0.15) is 20.8 Å². The van der Waals surface area contributed by atoms with Gasteiger partial charge in [0.05, 0.1) is 0 Å². The average Bonchev–Trinajstić information content (AvgIpc) is 1.41. The Morgan fingerprint density at radius 3 is 1.14 bits per heavy atom. The summed E-state index contributed by atoms with van der Waals surface area (Å²) in [5.74, 6) is 1.42. The minimum atomic E-state index is 0. The molecule has 0 saturated carbocycles. The van der Waals surface area contributed by atoms with E-state index in [0.717, 1.165) is 0 Å². The predicted molar refractivity (Wildman–Crippen MR) is 25.2 cm³/mol. The van der Waals surface area contributed by atoms with Crippen molar-refractivity contribution in [2.24, 2.45) is 0 Å². The van der Waals surface area contributed by atoms with Crippen LogP contribution in [0.15, 0.2) is 0 Å². The van der Waals surface area contributed by atoms with E-state index in [4.69, 9.17) is 11.8 Å². The number of nitrogens with zero attached hydrogens (tertiary/aromatic N) is 1. The molecule has 0 aliphatic heterocycles. The molecule has 36 valence electrons. The summed E-state index contributed by atoms with van der Waals surface area (Å²) in [6.07, 6.45) is 0. The van der Waals surface area contributed by atoms with Crippen molar-refractivity contribution in [1.29, 1.82) is 5.26 Å². The van der Waals surface area contributed by atoms with E-state index in [1.807, 2.05) is 0 Å². The largest absolute Gasteiger partial charge is 1.00 e. The van der Waals surface area contributed by atoms with Crippen LogP contribution in [0, 0.1) is 17.8 Å². The van der Waals surface area contributed by atoms with Gasteiger partial charge in [0.1, 0.15) is 0 Å². The number of hydrogen-bond acceptors (Lipinski definition) is 1. The summed E-state index contributed by atoms with van der Waals surface area (Å²) in [6.45, 7) is 11.0. The Hall–Kier alpha value is 1.13. The molecule has 2 heteroatoms. The van der Waals surface area contributed by atoms with Gasteiger partial charge in [-0.05, 0) is 0 Å². The van der Waals surface area contributed by atoms with Crippen LogP contribution < -0.4 is 51.4 Å². The summed E-state index contributed by atoms with van der Waals surface area (Å²) in [7, 11) is 0. The van der Waals surface area contributed by atoms with E-state index >= 15 is 0 Å². The topological polar surface area (TPSA) is 23.8 Å². The van der Waals surface area contributed by atoms with E-state index in [9.17, 15) is 0 Å². The molecule has 0 spiro atoms. The first-order valence-electron chi connectivity index (χ1n) is 1.72. The van der Waals surface area contributed by atoms with Gasteiger partial charge in [-0.15, -0.1) is 0 Å². The summed E-state index contributed by atoms with van der Waals surface area (Å²) in [5.41, 5.74) is 0. The number of rotatable bonds is 0. The van der Waals surface area contributed by atoms with Crippen LogP contribution >= 0.6 is 0 Å². The van der Waals surface area contributed by atoms with Crippen molar-refractivity contribution >= 4 is 0 Å². The van der Waals surface area contributed by atoms with Crippen LogP contribution in [-0.2, 0) is 0 Å². The zero-order valence-corrected chi connectivity index (χ0v) is 8.57. The van der Waals surface area contributed by atoms with Crippen molar-refractivity contribution in [2.45, 2.75) is 20.8 Å². The molecule has 0 aliphatic rings. The van der Waals surface area contributed by atoms with Crippen molar-refractivity contribution in [3.05, 3.63) is 12.5 Å². The Kier molecular flexibility index (Phi) is 35.2. The smallest absolute Gasteiger partial charge is 0.512 e. The molecule has 0 fully saturated rings. The second kappa shape index (κ2) is 15.7. The third kappa shape index (κ3) is 148. The van der Waals surface area contributed by atoms with Crippen molar-refractivity contribution in [1.82, 2.24) is 0 Å². The number of hydrogen-bond donors (Lipinski definition) is 0. The second-order valence-electron chi connectivity index (χ2n) is 1.50. The standard InChI is InChI=1S/C4H9.CN.K/c1-4(2)3;1-2;/h1-3H3;;/q2*-1;+1. The van der Waals surface area contributed by atoms with Crippen molar-refractivity contribution < 1.29 is 51.4 Å². The molecule has 0 rings (SSSR count). The summed E-state index contributed by atoms with van der Waals surface area (Å²) in [5, 5.41) is 6.25. The molecule has 0 N–H and O–H groups in total. The molecule has 1 nitrogen and oxygen atoms in total. The molecule has 0 bridgehead atoms. The summed E-state index contributed by atoms with van der Waals surface area (Å²) >= 11 is 0. The molecule has 0 radical (unpaired) electrons. The molecule has 0 amide bonds. The van der Waals surface area contributed by atoms with Gasteiger partial charge in [0.25, 0.3) is 0 Å². The molecular weight excluding hydrogens is 113 g/mol. The maximum absolute atomic E-state index is 6.25. The van der Waals surface area contributed by atoms with Gasteiger partial charge in [0.15, 0.2) is 0 Å². The maximum Gasteiger partial charge on any atom is 1.00 e. The van der Waals surface area contributed by atoms with Crippen molar-refractivity contribution in [2.75, 3.05) is 0 Å². The first-order valence-corrected chi connectivity index (χ1v) is 1.72. The Morgan fingerprint density at radius 1 is 1.14 bits per heavy atom. The summed E-state index contributed by atoms with van der Waals surface area (Å²) in [4.78, 5) is 0. The van der Waals surface area contributed by atoms with Gasteiger partial charge in [0.2, 0.25) is 0 Å². The fourth-order valence-electron chi connectivity index (χ4n) is 0. The van der Waals surface area contributed by atoms with Gasteiger partial charge in [-0.25, -0.2) is 0 Å². The Labute approximate surface area is 88.5 Å². The quantitative estimate of drug-likeness (QED) is 0.290. The molecule has 0 aromatic heterocycles. The van der Waals surface area contributed by atoms with Crippen molar-refractivity contribution in [3.8, 4) is 0 Å². The second-order valence-corrected chi connectivity index (χ2v) is 1.50. The Morgan fingerprint density at radius 2 is 1.14 bits per heavy atom. The molecule has 0 heterocycles. The van der Waals surface area contributed by atoms with E-state index in [-0.39, 0.29) is 51.4 Å². The Bertz CT molecular complexity index is 29.6. The summed E-state index contributed by atoms with van der Waals surface area (Å²) < 4.78 is 0. The van der Waals surface area contributed by atoms with Crippen LogP contribution in [0.2, 0.25) is 0 Å². The monoisotopic (exact) mass is 122 g/mol. The molecule has 0 aromatic rings. The van der Waals surface area contributed by atoms with Crippen LogP contribution in [0.4, 0.5) is 0 Å². The fourth-order valence-corrected chi connectivity index (χ4v) is 0. The zero-order chi connectivity index (χ0) is 5.58. The van der Waals surface area contributed by atoms with Crippen LogP contribution in [0.3, 0.4) is 0 Å². The summed E-state index contributed by atoms with van der Waals surface area (Å²) in [6, 6.07) is 0. The van der Waals surface area contributed by atoms with Gasteiger partial charge in [-0.2, -0.15) is 20.8 Å². The Balaban J connectivity index is -0.0000000480. The molecule has 0 atom stereocenters. The molecule has 7 heavy (non-hydrogen) atoms. The van der Waals surface area contributed by atoms with Crippen LogP contribution in [0.5, 0.6) is 0 Å². The van der Waals surface area contributed by atoms with E-state index in [2.05, 4.69) is 20.8 Å². The SMILES string of the molecule is C[C-](C)C.[C-]#N.[K+]. The fraction of sp³-hybridized carbons (Fsp3) is 0.600. The third-order valence-corrected chi connectivity index (χ3v) is 0. The zero-order valence-electron chi connectivity index (χ0n) is 5.45. The van der Waals surface area contributed by atoms with Crippen LogP contribution in [0.25, 0.3) is 0 Å².